The number of halogens is 3. The van der Waals surface area contributed by atoms with Crippen LogP contribution >= 0.6 is 15.9 Å². The van der Waals surface area contributed by atoms with E-state index in [2.05, 4.69) is 40.0 Å². The normalized spacial score (nSPS) is 18.2. The van der Waals surface area contributed by atoms with E-state index in [-0.39, 0.29) is 17.1 Å². The highest BCUT2D eigenvalue weighted by molar-refractivity contribution is 9.10. The van der Waals surface area contributed by atoms with E-state index in [9.17, 15) is 8.78 Å². The van der Waals surface area contributed by atoms with Gasteiger partial charge in [-0.15, -0.1) is 0 Å². The van der Waals surface area contributed by atoms with Crippen LogP contribution in [0.1, 0.15) is 32.3 Å². The zero-order chi connectivity index (χ0) is 15.6. The van der Waals surface area contributed by atoms with E-state index in [0.29, 0.717) is 10.9 Å². The van der Waals surface area contributed by atoms with Crippen molar-refractivity contribution in [1.29, 1.82) is 0 Å². The van der Waals surface area contributed by atoms with Crippen molar-refractivity contribution in [3.8, 4) is 0 Å². The minimum absolute atomic E-state index is 0.0195. The monoisotopic (exact) mass is 360 g/mol. The Morgan fingerprint density at radius 1 is 1.29 bits per heavy atom. The maximum absolute atomic E-state index is 14.2. The molecule has 1 saturated heterocycles. The van der Waals surface area contributed by atoms with E-state index in [1.165, 1.54) is 25.0 Å². The molecule has 0 amide bonds. The van der Waals surface area contributed by atoms with Gasteiger partial charge in [-0.05, 0) is 81.3 Å². The van der Waals surface area contributed by atoms with Crippen LogP contribution in [0.5, 0.6) is 0 Å². The van der Waals surface area contributed by atoms with Gasteiger partial charge >= 0.3 is 0 Å². The quantitative estimate of drug-likeness (QED) is 0.804. The highest BCUT2D eigenvalue weighted by Gasteiger charge is 2.36. The molecule has 0 aromatic heterocycles. The minimum Gasteiger partial charge on any atom is -0.315 e. The first-order chi connectivity index (χ1) is 9.87. The summed E-state index contributed by atoms with van der Waals surface area (Å²) in [5, 5.41) is 3.25. The van der Waals surface area contributed by atoms with Crippen molar-refractivity contribution in [3.63, 3.8) is 0 Å². The zero-order valence-corrected chi connectivity index (χ0v) is 14.4. The summed E-state index contributed by atoms with van der Waals surface area (Å²) in [5.74, 6) is -0.972. The number of nitrogens with one attached hydrogen (secondary N) is 1. The molecule has 0 radical (unpaired) electrons. The van der Waals surface area contributed by atoms with Crippen LogP contribution in [0, 0.1) is 11.6 Å². The molecule has 1 atom stereocenters. The number of hydrogen-bond acceptors (Lipinski definition) is 2. The van der Waals surface area contributed by atoms with Gasteiger partial charge in [0.15, 0.2) is 0 Å². The maximum Gasteiger partial charge on any atom is 0.143 e. The first kappa shape index (κ1) is 16.8. The molecule has 0 spiro atoms. The Morgan fingerprint density at radius 2 is 1.90 bits per heavy atom. The van der Waals surface area contributed by atoms with Gasteiger partial charge in [0.25, 0.3) is 0 Å². The zero-order valence-electron chi connectivity index (χ0n) is 12.8. The first-order valence-electron chi connectivity index (χ1n) is 7.42. The van der Waals surface area contributed by atoms with Gasteiger partial charge in [-0.25, -0.2) is 8.78 Å². The van der Waals surface area contributed by atoms with Crippen LogP contribution in [0.3, 0.4) is 0 Å². The summed E-state index contributed by atoms with van der Waals surface area (Å²) in [5.41, 5.74) is 0.00269. The summed E-state index contributed by atoms with van der Waals surface area (Å²) in [6.07, 6.45) is 2.72. The van der Waals surface area contributed by atoms with Crippen LogP contribution in [-0.2, 0) is 6.42 Å². The van der Waals surface area contributed by atoms with E-state index < -0.39 is 11.6 Å². The van der Waals surface area contributed by atoms with E-state index in [0.717, 1.165) is 13.1 Å². The van der Waals surface area contributed by atoms with E-state index in [1.807, 2.05) is 7.05 Å². The van der Waals surface area contributed by atoms with Crippen molar-refractivity contribution >= 4 is 15.9 Å². The molecule has 0 saturated carbocycles. The van der Waals surface area contributed by atoms with Gasteiger partial charge < -0.3 is 5.32 Å². The Kier molecular flexibility index (Phi) is 5.38. The van der Waals surface area contributed by atoms with Crippen LogP contribution in [0.4, 0.5) is 8.78 Å². The second-order valence-corrected chi connectivity index (χ2v) is 7.07. The summed E-state index contributed by atoms with van der Waals surface area (Å²) < 4.78 is 28.5. The molecule has 1 unspecified atom stereocenters. The van der Waals surface area contributed by atoms with Gasteiger partial charge in [-0.3, -0.25) is 4.90 Å². The SMILES string of the molecule is CNC(Cc1c(F)ccc(Br)c1F)C(C)(C)N1CCCC1. The molecule has 1 aromatic carbocycles. The molecule has 2 rings (SSSR count). The molecule has 2 nitrogen and oxygen atoms in total. The smallest absolute Gasteiger partial charge is 0.143 e. The summed E-state index contributed by atoms with van der Waals surface area (Å²) in [7, 11) is 1.86. The number of likely N-dealkylation sites (N-methyl/N-ethyl adjacent to an activating group) is 1. The summed E-state index contributed by atoms with van der Waals surface area (Å²) in [6.45, 7) is 6.39. The molecule has 1 aliphatic rings. The highest BCUT2D eigenvalue weighted by atomic mass is 79.9. The molecule has 1 aromatic rings. The van der Waals surface area contributed by atoms with Crippen molar-refractivity contribution in [2.75, 3.05) is 20.1 Å². The van der Waals surface area contributed by atoms with E-state index >= 15 is 0 Å². The predicted octanol–water partition coefficient (Wildman–Crippen LogP) is 3.73. The largest absolute Gasteiger partial charge is 0.315 e. The molecule has 118 valence electrons. The molecule has 1 N–H and O–H groups in total. The minimum atomic E-state index is -0.493. The molecule has 21 heavy (non-hydrogen) atoms. The van der Waals surface area contributed by atoms with Crippen molar-refractivity contribution < 1.29 is 8.78 Å². The van der Waals surface area contributed by atoms with Crippen molar-refractivity contribution in [2.45, 2.75) is 44.7 Å². The third-order valence-electron chi connectivity index (χ3n) is 4.67. The number of hydrogen-bond donors (Lipinski definition) is 1. The lowest BCUT2D eigenvalue weighted by Crippen LogP contribution is -2.57. The van der Waals surface area contributed by atoms with Gasteiger partial charge in [-0.2, -0.15) is 0 Å². The lowest BCUT2D eigenvalue weighted by atomic mass is 9.87. The van der Waals surface area contributed by atoms with Crippen LogP contribution in [0.25, 0.3) is 0 Å². The van der Waals surface area contributed by atoms with Crippen LogP contribution < -0.4 is 5.32 Å². The second-order valence-electron chi connectivity index (χ2n) is 6.21. The van der Waals surface area contributed by atoms with Gasteiger partial charge in [0.05, 0.1) is 4.47 Å². The number of benzene rings is 1. The molecule has 1 heterocycles. The number of rotatable bonds is 5. The maximum atomic E-state index is 14.2. The average Bonchev–Trinajstić information content (AvgIpc) is 2.98. The Labute approximate surface area is 134 Å². The summed E-state index contributed by atoms with van der Waals surface area (Å²) in [4.78, 5) is 2.40. The second kappa shape index (κ2) is 6.71. The summed E-state index contributed by atoms with van der Waals surface area (Å²) >= 11 is 3.14. The lowest BCUT2D eigenvalue weighted by Gasteiger charge is -2.42. The Balaban J connectivity index is 2.25. The van der Waals surface area contributed by atoms with Crippen molar-refractivity contribution in [2.24, 2.45) is 0 Å². The molecular formula is C16H23BrF2N2. The topological polar surface area (TPSA) is 15.3 Å². The Hall–Kier alpha value is -0.520. The fourth-order valence-electron chi connectivity index (χ4n) is 3.18. The van der Waals surface area contributed by atoms with E-state index in [1.54, 1.807) is 0 Å². The van der Waals surface area contributed by atoms with Crippen LogP contribution in [0.2, 0.25) is 0 Å². The van der Waals surface area contributed by atoms with Crippen molar-refractivity contribution in [1.82, 2.24) is 10.2 Å². The fraction of sp³-hybridized carbons (Fsp3) is 0.625. The Bertz CT molecular complexity index is 499. The number of likely N-dealkylation sites (tertiary alicyclic amines) is 1. The average molecular weight is 361 g/mol. The third kappa shape index (κ3) is 3.46. The first-order valence-corrected chi connectivity index (χ1v) is 8.22. The third-order valence-corrected chi connectivity index (χ3v) is 5.28. The summed E-state index contributed by atoms with van der Waals surface area (Å²) in [6, 6.07) is 2.71. The molecule has 5 heteroatoms. The molecule has 0 aliphatic carbocycles. The lowest BCUT2D eigenvalue weighted by molar-refractivity contribution is 0.109. The molecule has 1 aliphatic heterocycles. The van der Waals surface area contributed by atoms with Gasteiger partial charge in [-0.1, -0.05) is 0 Å². The van der Waals surface area contributed by atoms with E-state index in [4.69, 9.17) is 0 Å². The Morgan fingerprint density at radius 3 is 2.48 bits per heavy atom. The molecule has 1 fully saturated rings. The molecular weight excluding hydrogens is 338 g/mol. The molecule has 0 bridgehead atoms. The van der Waals surface area contributed by atoms with Gasteiger partial charge in [0.1, 0.15) is 11.6 Å². The van der Waals surface area contributed by atoms with Crippen molar-refractivity contribution in [3.05, 3.63) is 33.8 Å². The van der Waals surface area contributed by atoms with Gasteiger partial charge in [0.2, 0.25) is 0 Å². The number of nitrogens with zero attached hydrogens (tertiary/aromatic N) is 1. The van der Waals surface area contributed by atoms with Gasteiger partial charge in [0, 0.05) is 17.1 Å². The van der Waals surface area contributed by atoms with Crippen LogP contribution in [-0.4, -0.2) is 36.6 Å². The predicted molar refractivity (Wildman–Crippen MR) is 85.5 cm³/mol. The fourth-order valence-corrected chi connectivity index (χ4v) is 3.55. The van der Waals surface area contributed by atoms with Crippen LogP contribution in [0.15, 0.2) is 16.6 Å². The highest BCUT2D eigenvalue weighted by Crippen LogP contribution is 2.29. The standard InChI is InChI=1S/C16H23BrF2N2/c1-16(2,21-8-4-5-9-21)14(20-3)10-11-13(18)7-6-12(17)15(11)19/h6-7,14,20H,4-5,8-10H2,1-3H3.